The fourth-order valence-corrected chi connectivity index (χ4v) is 2.33. The Kier molecular flexibility index (Phi) is 3.27. The van der Waals surface area contributed by atoms with Gasteiger partial charge in [-0.15, -0.1) is 0 Å². The Labute approximate surface area is 123 Å². The quantitative estimate of drug-likeness (QED) is 0.926. The van der Waals surface area contributed by atoms with Crippen LogP contribution in [-0.4, -0.2) is 22.2 Å². The molecule has 7 heteroatoms. The molecule has 0 aliphatic carbocycles. The van der Waals surface area contributed by atoms with Crippen LogP contribution in [0, 0.1) is 0 Å². The molecule has 22 heavy (non-hydrogen) atoms. The van der Waals surface area contributed by atoms with Gasteiger partial charge >= 0.3 is 12.1 Å². The Morgan fingerprint density at radius 2 is 1.95 bits per heavy atom. The van der Waals surface area contributed by atoms with Crippen LogP contribution in [0.4, 0.5) is 13.2 Å². The molecule has 3 rings (SSSR count). The summed E-state index contributed by atoms with van der Waals surface area (Å²) in [6.07, 6.45) is -4.17. The molecule has 0 saturated heterocycles. The van der Waals surface area contributed by atoms with Gasteiger partial charge in [0.2, 0.25) is 0 Å². The molecule has 1 atom stereocenters. The van der Waals surface area contributed by atoms with Gasteiger partial charge in [-0.25, -0.2) is 4.79 Å². The smallest absolute Gasteiger partial charge is 0.433 e. The van der Waals surface area contributed by atoms with E-state index in [1.54, 1.807) is 18.2 Å². The molecule has 114 valence electrons. The zero-order valence-electron chi connectivity index (χ0n) is 11.1. The highest BCUT2D eigenvalue weighted by molar-refractivity contribution is 5.75. The Morgan fingerprint density at radius 3 is 2.64 bits per heavy atom. The van der Waals surface area contributed by atoms with Crippen LogP contribution in [0.5, 0.6) is 5.75 Å². The number of carboxylic acid groups (broad SMARTS) is 1. The van der Waals surface area contributed by atoms with Gasteiger partial charge in [0.1, 0.15) is 11.4 Å². The van der Waals surface area contributed by atoms with Crippen molar-refractivity contribution in [3.05, 3.63) is 47.8 Å². The number of fused-ring (bicyclic) bond motifs is 1. The van der Waals surface area contributed by atoms with Crippen LogP contribution in [0.15, 0.2) is 36.5 Å². The zero-order valence-corrected chi connectivity index (χ0v) is 11.1. The fourth-order valence-electron chi connectivity index (χ4n) is 2.33. The number of halogens is 3. The number of hydrogen-bond donors (Lipinski definition) is 1. The third-order valence-electron chi connectivity index (χ3n) is 3.39. The van der Waals surface area contributed by atoms with Gasteiger partial charge in [0, 0.05) is 12.6 Å². The van der Waals surface area contributed by atoms with Gasteiger partial charge in [-0.1, -0.05) is 6.07 Å². The van der Waals surface area contributed by atoms with Crippen LogP contribution < -0.4 is 4.74 Å². The molecule has 1 N–H and O–H groups in total. The van der Waals surface area contributed by atoms with Crippen LogP contribution in [0.25, 0.3) is 11.1 Å². The molecule has 0 amide bonds. The molecule has 0 saturated carbocycles. The van der Waals surface area contributed by atoms with E-state index >= 15 is 0 Å². The van der Waals surface area contributed by atoms with Crippen molar-refractivity contribution >= 4 is 5.97 Å². The first kappa shape index (κ1) is 14.4. The molecule has 0 bridgehead atoms. The van der Waals surface area contributed by atoms with Crippen molar-refractivity contribution in [1.29, 1.82) is 0 Å². The first-order valence-electron chi connectivity index (χ1n) is 6.40. The highest BCUT2D eigenvalue weighted by atomic mass is 19.4. The van der Waals surface area contributed by atoms with Crippen molar-refractivity contribution in [2.45, 2.75) is 18.7 Å². The maximum absolute atomic E-state index is 12.7. The number of benzene rings is 1. The van der Waals surface area contributed by atoms with E-state index in [-0.39, 0.29) is 6.42 Å². The summed E-state index contributed by atoms with van der Waals surface area (Å²) in [7, 11) is 0. The predicted octanol–water partition coefficient (Wildman–Crippen LogP) is 3.16. The number of hydrogen-bond acceptors (Lipinski definition) is 3. The fraction of sp³-hybridized carbons (Fsp3) is 0.200. The average molecular weight is 309 g/mol. The molecular formula is C15H10F3NO3. The van der Waals surface area contributed by atoms with Gasteiger partial charge in [0.25, 0.3) is 0 Å². The second-order valence-corrected chi connectivity index (χ2v) is 4.90. The average Bonchev–Trinajstić information content (AvgIpc) is 2.89. The Hall–Kier alpha value is -2.57. The molecule has 1 aliphatic rings. The number of rotatable bonds is 2. The standard InChI is InChI=1S/C15H10F3NO3/c16-15(17,18)13-7-9(3-4-19-13)8-1-2-11-10(5-8)6-12(22-11)14(20)21/h1-5,7,12H,6H2,(H,20,21). The molecule has 1 aromatic carbocycles. The molecule has 1 aromatic heterocycles. The number of pyridine rings is 1. The van der Waals surface area contributed by atoms with Crippen LogP contribution in [0.2, 0.25) is 0 Å². The van der Waals surface area contributed by atoms with E-state index < -0.39 is 23.9 Å². The second-order valence-electron chi connectivity index (χ2n) is 4.90. The second kappa shape index (κ2) is 5.01. The monoisotopic (exact) mass is 309 g/mol. The van der Waals surface area contributed by atoms with Crippen LogP contribution >= 0.6 is 0 Å². The molecular weight excluding hydrogens is 299 g/mol. The normalized spacial score (nSPS) is 17.0. The highest BCUT2D eigenvalue weighted by Gasteiger charge is 2.33. The third-order valence-corrected chi connectivity index (χ3v) is 3.39. The summed E-state index contributed by atoms with van der Waals surface area (Å²) in [5.74, 6) is -0.623. The summed E-state index contributed by atoms with van der Waals surface area (Å²) in [4.78, 5) is 14.2. The van der Waals surface area contributed by atoms with Gasteiger partial charge in [-0.3, -0.25) is 4.98 Å². The summed E-state index contributed by atoms with van der Waals surface area (Å²) >= 11 is 0. The predicted molar refractivity (Wildman–Crippen MR) is 70.4 cm³/mol. The van der Waals surface area contributed by atoms with Gasteiger partial charge in [-0.05, 0) is 41.0 Å². The number of aromatic nitrogens is 1. The van der Waals surface area contributed by atoms with E-state index in [9.17, 15) is 18.0 Å². The van der Waals surface area contributed by atoms with Crippen molar-refractivity contribution in [2.75, 3.05) is 0 Å². The molecule has 1 unspecified atom stereocenters. The number of alkyl halides is 3. The molecule has 2 aromatic rings. The van der Waals surface area contributed by atoms with E-state index in [0.29, 0.717) is 22.4 Å². The maximum Gasteiger partial charge on any atom is 0.433 e. The lowest BCUT2D eigenvalue weighted by Gasteiger charge is -2.08. The number of carboxylic acids is 1. The van der Waals surface area contributed by atoms with Crippen LogP contribution in [-0.2, 0) is 17.4 Å². The lowest BCUT2D eigenvalue weighted by atomic mass is 10.0. The van der Waals surface area contributed by atoms with Crippen LogP contribution in [0.1, 0.15) is 11.3 Å². The maximum atomic E-state index is 12.7. The van der Waals surface area contributed by atoms with E-state index in [2.05, 4.69) is 4.98 Å². The zero-order chi connectivity index (χ0) is 15.9. The summed E-state index contributed by atoms with van der Waals surface area (Å²) in [6, 6.07) is 7.25. The summed E-state index contributed by atoms with van der Waals surface area (Å²) in [5, 5.41) is 8.94. The van der Waals surface area contributed by atoms with Gasteiger partial charge < -0.3 is 9.84 Å². The highest BCUT2D eigenvalue weighted by Crippen LogP contribution is 2.35. The molecule has 2 heterocycles. The van der Waals surface area contributed by atoms with Gasteiger partial charge in [0.05, 0.1) is 0 Å². The SMILES string of the molecule is O=C(O)C1Cc2cc(-c3ccnc(C(F)(F)F)c3)ccc2O1. The van der Waals surface area contributed by atoms with Crippen molar-refractivity contribution in [2.24, 2.45) is 0 Å². The van der Waals surface area contributed by atoms with E-state index in [1.807, 2.05) is 0 Å². The van der Waals surface area contributed by atoms with E-state index in [4.69, 9.17) is 9.84 Å². The van der Waals surface area contributed by atoms with Crippen molar-refractivity contribution in [3.63, 3.8) is 0 Å². The molecule has 4 nitrogen and oxygen atoms in total. The Morgan fingerprint density at radius 1 is 1.23 bits per heavy atom. The Balaban J connectivity index is 1.95. The Bertz CT molecular complexity index is 743. The molecule has 0 radical (unpaired) electrons. The molecule has 1 aliphatic heterocycles. The van der Waals surface area contributed by atoms with Crippen molar-refractivity contribution in [3.8, 4) is 16.9 Å². The van der Waals surface area contributed by atoms with Crippen LogP contribution in [0.3, 0.4) is 0 Å². The number of carbonyl (C=O) groups is 1. The first-order valence-corrected chi connectivity index (χ1v) is 6.40. The van der Waals surface area contributed by atoms with Crippen molar-refractivity contribution in [1.82, 2.24) is 4.98 Å². The minimum absolute atomic E-state index is 0.190. The first-order chi connectivity index (χ1) is 10.3. The summed E-state index contributed by atoms with van der Waals surface area (Å²) in [6.45, 7) is 0. The third kappa shape index (κ3) is 2.61. The largest absolute Gasteiger partial charge is 0.478 e. The number of nitrogens with zero attached hydrogens (tertiary/aromatic N) is 1. The van der Waals surface area contributed by atoms with E-state index in [1.165, 1.54) is 6.07 Å². The lowest BCUT2D eigenvalue weighted by molar-refractivity contribution is -0.144. The molecule has 0 spiro atoms. The lowest BCUT2D eigenvalue weighted by Crippen LogP contribution is -2.24. The van der Waals surface area contributed by atoms with Crippen molar-refractivity contribution < 1.29 is 27.8 Å². The minimum atomic E-state index is -4.51. The number of aliphatic carboxylic acids is 1. The van der Waals surface area contributed by atoms with E-state index in [0.717, 1.165) is 12.3 Å². The minimum Gasteiger partial charge on any atom is -0.478 e. The topological polar surface area (TPSA) is 59.4 Å². The van der Waals surface area contributed by atoms with Gasteiger partial charge in [-0.2, -0.15) is 13.2 Å². The number of ether oxygens (including phenoxy) is 1. The summed E-state index contributed by atoms with van der Waals surface area (Å²) in [5.41, 5.74) is 0.616. The molecule has 0 fully saturated rings. The van der Waals surface area contributed by atoms with Gasteiger partial charge in [0.15, 0.2) is 6.10 Å². The summed E-state index contributed by atoms with van der Waals surface area (Å²) < 4.78 is 43.3.